The lowest BCUT2D eigenvalue weighted by Gasteiger charge is -2.19. The van der Waals surface area contributed by atoms with E-state index in [1.165, 1.54) is 4.88 Å². The third-order valence-electron chi connectivity index (χ3n) is 3.71. The standard InChI is InChI=1S/C17H17N3O2S/c1-3-12-9-13-16(18-10(2)19-17(13)23-12)20-11-4-5-14-15(8-11)22-7-6-21-14/h4-5,8-9H,3,6-7H2,1-2H3,(H,18,19,20). The molecule has 2 aromatic heterocycles. The number of aryl methyl sites for hydroxylation is 2. The Bertz CT molecular complexity index is 876. The monoisotopic (exact) mass is 327 g/mol. The van der Waals surface area contributed by atoms with Crippen LogP contribution in [-0.4, -0.2) is 23.2 Å². The maximum Gasteiger partial charge on any atom is 0.163 e. The van der Waals surface area contributed by atoms with E-state index in [0.29, 0.717) is 13.2 Å². The van der Waals surface area contributed by atoms with E-state index >= 15 is 0 Å². The summed E-state index contributed by atoms with van der Waals surface area (Å²) in [4.78, 5) is 11.4. The minimum atomic E-state index is 0.581. The van der Waals surface area contributed by atoms with Gasteiger partial charge in [0.05, 0.1) is 5.39 Å². The van der Waals surface area contributed by atoms with Crippen molar-refractivity contribution in [2.24, 2.45) is 0 Å². The summed E-state index contributed by atoms with van der Waals surface area (Å²) in [5.74, 6) is 3.15. The van der Waals surface area contributed by atoms with Crippen LogP contribution in [0.25, 0.3) is 10.2 Å². The van der Waals surface area contributed by atoms with E-state index < -0.39 is 0 Å². The first-order valence-corrected chi connectivity index (χ1v) is 8.48. The maximum absolute atomic E-state index is 5.64. The van der Waals surface area contributed by atoms with E-state index in [-0.39, 0.29) is 0 Å². The van der Waals surface area contributed by atoms with Crippen molar-refractivity contribution < 1.29 is 9.47 Å². The lowest BCUT2D eigenvalue weighted by atomic mass is 10.2. The molecule has 0 spiro atoms. The number of nitrogens with one attached hydrogen (secondary N) is 1. The summed E-state index contributed by atoms with van der Waals surface area (Å²) in [6, 6.07) is 8.02. The molecule has 5 nitrogen and oxygen atoms in total. The van der Waals surface area contributed by atoms with Crippen LogP contribution in [-0.2, 0) is 6.42 Å². The molecule has 0 aliphatic carbocycles. The van der Waals surface area contributed by atoms with Crippen LogP contribution in [0.2, 0.25) is 0 Å². The Hall–Kier alpha value is -2.34. The van der Waals surface area contributed by atoms with Crippen molar-refractivity contribution in [3.05, 3.63) is 35.0 Å². The zero-order valence-electron chi connectivity index (χ0n) is 13.0. The number of rotatable bonds is 3. The topological polar surface area (TPSA) is 56.3 Å². The number of anilines is 2. The summed E-state index contributed by atoms with van der Waals surface area (Å²) in [7, 11) is 0. The Morgan fingerprint density at radius 1 is 1.13 bits per heavy atom. The zero-order chi connectivity index (χ0) is 15.8. The maximum atomic E-state index is 5.64. The second-order valence-electron chi connectivity index (χ2n) is 5.39. The smallest absolute Gasteiger partial charge is 0.163 e. The van der Waals surface area contributed by atoms with Crippen molar-refractivity contribution in [3.63, 3.8) is 0 Å². The van der Waals surface area contributed by atoms with Crippen LogP contribution in [0.5, 0.6) is 11.5 Å². The van der Waals surface area contributed by atoms with Gasteiger partial charge in [0, 0.05) is 16.6 Å². The Morgan fingerprint density at radius 3 is 2.78 bits per heavy atom. The molecule has 0 amide bonds. The average Bonchev–Trinajstić information content (AvgIpc) is 2.98. The summed E-state index contributed by atoms with van der Waals surface area (Å²) < 4.78 is 11.2. The molecule has 0 bridgehead atoms. The third kappa shape index (κ3) is 2.70. The minimum absolute atomic E-state index is 0.581. The van der Waals surface area contributed by atoms with Gasteiger partial charge in [-0.15, -0.1) is 11.3 Å². The van der Waals surface area contributed by atoms with Crippen LogP contribution >= 0.6 is 11.3 Å². The number of hydrogen-bond acceptors (Lipinski definition) is 6. The first-order chi connectivity index (χ1) is 11.2. The van der Waals surface area contributed by atoms with Crippen molar-refractivity contribution in [2.75, 3.05) is 18.5 Å². The molecule has 4 rings (SSSR count). The fraction of sp³-hybridized carbons (Fsp3) is 0.294. The van der Waals surface area contributed by atoms with Gasteiger partial charge in [-0.05, 0) is 31.5 Å². The highest BCUT2D eigenvalue weighted by molar-refractivity contribution is 7.18. The number of benzene rings is 1. The number of aromatic nitrogens is 2. The van der Waals surface area contributed by atoms with E-state index in [1.807, 2.05) is 25.1 Å². The fourth-order valence-electron chi connectivity index (χ4n) is 2.61. The highest BCUT2D eigenvalue weighted by atomic mass is 32.1. The molecule has 0 atom stereocenters. The van der Waals surface area contributed by atoms with Crippen LogP contribution in [0.3, 0.4) is 0 Å². The van der Waals surface area contributed by atoms with Gasteiger partial charge in [-0.25, -0.2) is 9.97 Å². The van der Waals surface area contributed by atoms with Gasteiger partial charge in [0.1, 0.15) is 29.7 Å². The van der Waals surface area contributed by atoms with Crippen molar-refractivity contribution in [1.82, 2.24) is 9.97 Å². The van der Waals surface area contributed by atoms with E-state index in [9.17, 15) is 0 Å². The van der Waals surface area contributed by atoms with Gasteiger partial charge in [-0.3, -0.25) is 0 Å². The second kappa shape index (κ2) is 5.70. The van der Waals surface area contributed by atoms with Gasteiger partial charge in [-0.1, -0.05) is 6.92 Å². The van der Waals surface area contributed by atoms with Crippen LogP contribution in [0.1, 0.15) is 17.6 Å². The second-order valence-corrected chi connectivity index (χ2v) is 6.50. The highest BCUT2D eigenvalue weighted by Crippen LogP contribution is 2.35. The molecule has 0 fully saturated rings. The number of fused-ring (bicyclic) bond motifs is 2. The molecule has 23 heavy (non-hydrogen) atoms. The molecule has 3 aromatic rings. The summed E-state index contributed by atoms with van der Waals surface area (Å²) in [5.41, 5.74) is 0.929. The number of nitrogens with zero attached hydrogens (tertiary/aromatic N) is 2. The van der Waals surface area contributed by atoms with E-state index in [4.69, 9.17) is 9.47 Å². The lowest BCUT2D eigenvalue weighted by molar-refractivity contribution is 0.171. The molecule has 0 saturated carbocycles. The lowest BCUT2D eigenvalue weighted by Crippen LogP contribution is -2.15. The van der Waals surface area contributed by atoms with Gasteiger partial charge < -0.3 is 14.8 Å². The Kier molecular flexibility index (Phi) is 3.53. The van der Waals surface area contributed by atoms with Crippen LogP contribution < -0.4 is 14.8 Å². The molecular formula is C17H17N3O2S. The van der Waals surface area contributed by atoms with Gasteiger partial charge >= 0.3 is 0 Å². The molecule has 1 aliphatic heterocycles. The fourth-order valence-corrected chi connectivity index (χ4v) is 3.62. The van der Waals surface area contributed by atoms with Crippen LogP contribution in [0.15, 0.2) is 24.3 Å². The first-order valence-electron chi connectivity index (χ1n) is 7.66. The zero-order valence-corrected chi connectivity index (χ0v) is 13.9. The molecular weight excluding hydrogens is 310 g/mol. The highest BCUT2D eigenvalue weighted by Gasteiger charge is 2.14. The van der Waals surface area contributed by atoms with Gasteiger partial charge in [0.2, 0.25) is 0 Å². The quantitative estimate of drug-likeness (QED) is 0.785. The Balaban J connectivity index is 1.73. The van der Waals surface area contributed by atoms with Crippen molar-refractivity contribution in [3.8, 4) is 11.5 Å². The van der Waals surface area contributed by atoms with Gasteiger partial charge in [0.15, 0.2) is 11.5 Å². The predicted molar refractivity (Wildman–Crippen MR) is 92.2 cm³/mol. The Labute approximate surface area is 138 Å². The van der Waals surface area contributed by atoms with E-state index in [1.54, 1.807) is 11.3 Å². The van der Waals surface area contributed by atoms with E-state index in [2.05, 4.69) is 28.3 Å². The molecule has 0 unspecified atom stereocenters. The van der Waals surface area contributed by atoms with E-state index in [0.717, 1.165) is 45.5 Å². The van der Waals surface area contributed by atoms with Gasteiger partial charge in [-0.2, -0.15) is 0 Å². The number of ether oxygens (including phenoxy) is 2. The normalized spacial score (nSPS) is 13.3. The summed E-state index contributed by atoms with van der Waals surface area (Å²) >= 11 is 1.72. The summed E-state index contributed by atoms with van der Waals surface area (Å²) in [6.07, 6.45) is 1.00. The predicted octanol–water partition coefficient (Wildman–Crippen LogP) is 4.08. The summed E-state index contributed by atoms with van der Waals surface area (Å²) in [5, 5.41) is 4.46. The molecule has 1 N–H and O–H groups in total. The minimum Gasteiger partial charge on any atom is -0.486 e. The van der Waals surface area contributed by atoms with Crippen molar-refractivity contribution in [2.45, 2.75) is 20.3 Å². The molecule has 3 heterocycles. The molecule has 6 heteroatoms. The molecule has 0 radical (unpaired) electrons. The number of hydrogen-bond donors (Lipinski definition) is 1. The summed E-state index contributed by atoms with van der Waals surface area (Å²) in [6.45, 7) is 5.25. The van der Waals surface area contributed by atoms with Gasteiger partial charge in [0.25, 0.3) is 0 Å². The third-order valence-corrected chi connectivity index (χ3v) is 4.88. The van der Waals surface area contributed by atoms with Crippen molar-refractivity contribution in [1.29, 1.82) is 0 Å². The van der Waals surface area contributed by atoms with Crippen LogP contribution in [0, 0.1) is 6.92 Å². The first kappa shape index (κ1) is 14.3. The number of thiophene rings is 1. The molecule has 1 aromatic carbocycles. The van der Waals surface area contributed by atoms with Crippen LogP contribution in [0.4, 0.5) is 11.5 Å². The Morgan fingerprint density at radius 2 is 1.96 bits per heavy atom. The molecule has 118 valence electrons. The molecule has 0 saturated heterocycles. The largest absolute Gasteiger partial charge is 0.486 e. The van der Waals surface area contributed by atoms with Crippen molar-refractivity contribution >= 4 is 33.1 Å². The SMILES string of the molecule is CCc1cc2c(Nc3ccc4c(c3)OCCO4)nc(C)nc2s1. The molecule has 1 aliphatic rings. The average molecular weight is 327 g/mol.